The van der Waals surface area contributed by atoms with Gasteiger partial charge in [-0.1, -0.05) is 0 Å². The van der Waals surface area contributed by atoms with Crippen molar-refractivity contribution in [1.82, 2.24) is 0 Å². The van der Waals surface area contributed by atoms with Crippen LogP contribution in [0.15, 0.2) is 24.3 Å². The maximum absolute atomic E-state index is 7.34. The van der Waals surface area contributed by atoms with Crippen LogP contribution >= 0.6 is 0 Å². The number of anilines is 1. The third-order valence-corrected chi connectivity index (χ3v) is 1.61. The third kappa shape index (κ3) is 1.93. The molecule has 0 saturated carbocycles. The van der Waals surface area contributed by atoms with Crippen LogP contribution in [-0.4, -0.2) is 14.1 Å². The second-order valence-corrected chi connectivity index (χ2v) is 2.45. The molecule has 0 aliphatic carbocycles. The molecule has 0 aliphatic heterocycles. The fourth-order valence-corrected chi connectivity index (χ4v) is 0.887. The Labute approximate surface area is 66.8 Å². The standard InChI is InChI=1S/C8H13N3/c1-10-7-3-5-8(6-4-7)11(2)9/h3-6,9-11H,1-2H3. The zero-order valence-electron chi connectivity index (χ0n) is 6.81. The van der Waals surface area contributed by atoms with Crippen molar-refractivity contribution in [3.8, 4) is 0 Å². The molecule has 3 heteroatoms. The first-order chi connectivity index (χ1) is 5.24. The van der Waals surface area contributed by atoms with E-state index in [1.165, 1.54) is 0 Å². The van der Waals surface area contributed by atoms with Crippen LogP contribution in [0, 0.1) is 0 Å². The van der Waals surface area contributed by atoms with Gasteiger partial charge in [-0.3, -0.25) is 0 Å². The lowest BCUT2D eigenvalue weighted by molar-refractivity contribution is -0.751. The maximum atomic E-state index is 7.34. The second kappa shape index (κ2) is 3.37. The third-order valence-electron chi connectivity index (χ3n) is 1.61. The Hall–Kier alpha value is -1.06. The van der Waals surface area contributed by atoms with Gasteiger partial charge in [0.25, 0.3) is 0 Å². The van der Waals surface area contributed by atoms with Crippen molar-refractivity contribution in [3.63, 3.8) is 0 Å². The van der Waals surface area contributed by atoms with E-state index < -0.39 is 0 Å². The first kappa shape index (κ1) is 8.04. The quantitative estimate of drug-likeness (QED) is 0.604. The molecule has 1 aromatic rings. The molecule has 0 heterocycles. The van der Waals surface area contributed by atoms with E-state index >= 15 is 0 Å². The predicted octanol–water partition coefficient (Wildman–Crippen LogP) is 0.842. The lowest BCUT2D eigenvalue weighted by atomic mass is 10.3. The molecular weight excluding hydrogens is 138 g/mol. The van der Waals surface area contributed by atoms with Crippen LogP contribution in [0.1, 0.15) is 0 Å². The van der Waals surface area contributed by atoms with Gasteiger partial charge in [0.2, 0.25) is 0 Å². The minimum atomic E-state index is 0.604. The summed E-state index contributed by atoms with van der Waals surface area (Å²) in [5.41, 5.74) is 2.05. The van der Waals surface area contributed by atoms with Gasteiger partial charge in [-0.05, 0) is 12.1 Å². The van der Waals surface area contributed by atoms with E-state index in [0.29, 0.717) is 5.01 Å². The van der Waals surface area contributed by atoms with Crippen LogP contribution in [0.5, 0.6) is 0 Å². The molecule has 0 bridgehead atoms. The number of benzene rings is 1. The molecule has 0 saturated heterocycles. The van der Waals surface area contributed by atoms with Gasteiger partial charge in [0.15, 0.2) is 0 Å². The molecule has 1 unspecified atom stereocenters. The summed E-state index contributed by atoms with van der Waals surface area (Å²) in [6, 6.07) is 7.81. The monoisotopic (exact) mass is 151 g/mol. The van der Waals surface area contributed by atoms with Crippen molar-refractivity contribution in [3.05, 3.63) is 30.1 Å². The van der Waals surface area contributed by atoms with E-state index in [1.54, 1.807) is 7.05 Å². The maximum Gasteiger partial charge on any atom is 0.121 e. The Balaban J connectivity index is 2.83. The zero-order valence-corrected chi connectivity index (χ0v) is 6.81. The SMILES string of the molecule is CNc1ccc([NH+](C)[NH-])cc1. The summed E-state index contributed by atoms with van der Waals surface area (Å²) >= 11 is 0. The average Bonchev–Trinajstić information content (AvgIpc) is 2.05. The topological polar surface area (TPSA) is 40.3 Å². The van der Waals surface area contributed by atoms with Gasteiger partial charge in [0.05, 0.1) is 7.05 Å². The van der Waals surface area contributed by atoms with Crippen molar-refractivity contribution < 1.29 is 5.01 Å². The van der Waals surface area contributed by atoms with Gasteiger partial charge < -0.3 is 16.2 Å². The summed E-state index contributed by atoms with van der Waals surface area (Å²) in [4.78, 5) is 0. The number of nitrogens with one attached hydrogen (secondary N) is 3. The average molecular weight is 151 g/mol. The van der Waals surface area contributed by atoms with Crippen molar-refractivity contribution in [2.45, 2.75) is 0 Å². The van der Waals surface area contributed by atoms with Gasteiger partial charge in [-0.25, -0.2) is 0 Å². The summed E-state index contributed by atoms with van der Waals surface area (Å²) in [6.07, 6.45) is 0. The molecule has 1 aromatic carbocycles. The normalized spacial score (nSPS) is 12.6. The molecule has 0 aromatic heterocycles. The molecule has 1 atom stereocenters. The Bertz CT molecular complexity index is 215. The predicted molar refractivity (Wildman–Crippen MR) is 46.9 cm³/mol. The van der Waals surface area contributed by atoms with Gasteiger partial charge in [0, 0.05) is 24.9 Å². The van der Waals surface area contributed by atoms with Crippen LogP contribution in [0.4, 0.5) is 11.4 Å². The van der Waals surface area contributed by atoms with E-state index in [-0.39, 0.29) is 0 Å². The number of hydrogen-bond acceptors (Lipinski definition) is 1. The summed E-state index contributed by atoms with van der Waals surface area (Å²) < 4.78 is 0. The molecule has 0 fully saturated rings. The molecule has 60 valence electrons. The van der Waals surface area contributed by atoms with Gasteiger partial charge >= 0.3 is 0 Å². The molecule has 0 radical (unpaired) electrons. The largest absolute Gasteiger partial charge is 0.464 e. The van der Waals surface area contributed by atoms with Crippen LogP contribution < -0.4 is 10.3 Å². The zero-order chi connectivity index (χ0) is 8.27. The Morgan fingerprint density at radius 3 is 2.18 bits per heavy atom. The van der Waals surface area contributed by atoms with E-state index in [1.807, 2.05) is 31.3 Å². The number of quaternary nitrogens is 1. The Morgan fingerprint density at radius 2 is 1.82 bits per heavy atom. The summed E-state index contributed by atoms with van der Waals surface area (Å²) in [6.45, 7) is 0. The van der Waals surface area contributed by atoms with Crippen molar-refractivity contribution in [1.29, 1.82) is 0 Å². The smallest absolute Gasteiger partial charge is 0.121 e. The molecule has 1 rings (SSSR count). The van der Waals surface area contributed by atoms with Crippen molar-refractivity contribution >= 4 is 11.4 Å². The van der Waals surface area contributed by atoms with Crippen LogP contribution in [0.3, 0.4) is 0 Å². The number of hydrogen-bond donors (Lipinski definition) is 2. The highest BCUT2D eigenvalue weighted by atomic mass is 15.4. The van der Waals surface area contributed by atoms with Crippen LogP contribution in [-0.2, 0) is 0 Å². The molecule has 0 spiro atoms. The fraction of sp³-hybridized carbons (Fsp3) is 0.250. The molecule has 3 nitrogen and oxygen atoms in total. The van der Waals surface area contributed by atoms with E-state index in [9.17, 15) is 0 Å². The van der Waals surface area contributed by atoms with E-state index in [4.69, 9.17) is 5.84 Å². The number of rotatable bonds is 2. The highest BCUT2D eigenvalue weighted by molar-refractivity contribution is 5.47. The highest BCUT2D eigenvalue weighted by Gasteiger charge is 1.94. The second-order valence-electron chi connectivity index (χ2n) is 2.45. The summed E-state index contributed by atoms with van der Waals surface area (Å²) in [5.74, 6) is 7.34. The van der Waals surface area contributed by atoms with Crippen molar-refractivity contribution in [2.24, 2.45) is 0 Å². The first-order valence-corrected chi connectivity index (χ1v) is 3.57. The Morgan fingerprint density at radius 1 is 1.27 bits per heavy atom. The molecule has 3 N–H and O–H groups in total. The van der Waals surface area contributed by atoms with Gasteiger partial charge in [-0.2, -0.15) is 0 Å². The van der Waals surface area contributed by atoms with Gasteiger partial charge in [-0.15, -0.1) is 0 Å². The lowest BCUT2D eigenvalue weighted by Gasteiger charge is -2.14. The molecular formula is C8H13N3. The lowest BCUT2D eigenvalue weighted by Crippen LogP contribution is -2.96. The van der Waals surface area contributed by atoms with E-state index in [0.717, 1.165) is 11.4 Å². The molecule has 0 amide bonds. The van der Waals surface area contributed by atoms with Crippen LogP contribution in [0.25, 0.3) is 5.84 Å². The van der Waals surface area contributed by atoms with Crippen molar-refractivity contribution in [2.75, 3.05) is 19.4 Å². The van der Waals surface area contributed by atoms with Crippen LogP contribution in [0.2, 0.25) is 0 Å². The molecule has 0 aliphatic rings. The summed E-state index contributed by atoms with van der Waals surface area (Å²) in [7, 11) is 3.67. The summed E-state index contributed by atoms with van der Waals surface area (Å²) in [5, 5.41) is 3.63. The minimum absolute atomic E-state index is 0.604. The van der Waals surface area contributed by atoms with Gasteiger partial charge in [0.1, 0.15) is 5.69 Å². The van der Waals surface area contributed by atoms with E-state index in [2.05, 4.69) is 5.32 Å². The highest BCUT2D eigenvalue weighted by Crippen LogP contribution is 2.08. The molecule has 11 heavy (non-hydrogen) atoms. The first-order valence-electron chi connectivity index (χ1n) is 3.57. The minimum Gasteiger partial charge on any atom is -0.464 e. The fourth-order valence-electron chi connectivity index (χ4n) is 0.887. The Kier molecular flexibility index (Phi) is 2.46.